The number of nitrogens with two attached hydrogens (primary N) is 2. The van der Waals surface area contributed by atoms with Gasteiger partial charge in [-0.1, -0.05) is 0 Å². The zero-order valence-corrected chi connectivity index (χ0v) is 10.4. The van der Waals surface area contributed by atoms with Crippen LogP contribution in [0.15, 0.2) is 24.7 Å². The van der Waals surface area contributed by atoms with E-state index in [4.69, 9.17) is 11.6 Å². The number of nitrogens with zero attached hydrogens (tertiary/aromatic N) is 3. The van der Waals surface area contributed by atoms with Crippen LogP contribution in [-0.4, -0.2) is 15.0 Å². The van der Waals surface area contributed by atoms with Gasteiger partial charge in [-0.2, -0.15) is 0 Å². The number of hydrazine groups is 1. The molecule has 0 aromatic carbocycles. The lowest BCUT2D eigenvalue weighted by molar-refractivity contribution is 0.600. The maximum absolute atomic E-state index is 5.87. The summed E-state index contributed by atoms with van der Waals surface area (Å²) in [5, 5.41) is 0. The van der Waals surface area contributed by atoms with Crippen LogP contribution < -0.4 is 17.0 Å². The fourth-order valence-electron chi connectivity index (χ4n) is 1.69. The number of aromatic nitrogens is 3. The van der Waals surface area contributed by atoms with Gasteiger partial charge in [0.05, 0.1) is 0 Å². The summed E-state index contributed by atoms with van der Waals surface area (Å²) in [7, 11) is 0. The van der Waals surface area contributed by atoms with Crippen LogP contribution >= 0.6 is 0 Å². The first-order valence-electron chi connectivity index (χ1n) is 5.58. The molecular formula is C12H16N6. The summed E-state index contributed by atoms with van der Waals surface area (Å²) in [6.45, 7) is 3.87. The topological polar surface area (TPSA) is 103 Å². The Labute approximate surface area is 105 Å². The molecular weight excluding hydrogens is 228 g/mol. The van der Waals surface area contributed by atoms with Gasteiger partial charge in [0.1, 0.15) is 11.9 Å². The predicted molar refractivity (Wildman–Crippen MR) is 69.3 cm³/mol. The Balaban J connectivity index is 2.44. The van der Waals surface area contributed by atoms with Crippen molar-refractivity contribution >= 4 is 5.82 Å². The van der Waals surface area contributed by atoms with Gasteiger partial charge in [-0.25, -0.2) is 20.4 Å². The van der Waals surface area contributed by atoms with Crippen LogP contribution in [0.25, 0.3) is 0 Å². The molecule has 0 saturated carbocycles. The van der Waals surface area contributed by atoms with Gasteiger partial charge in [-0.3, -0.25) is 5.84 Å². The van der Waals surface area contributed by atoms with E-state index in [1.807, 2.05) is 19.9 Å². The van der Waals surface area contributed by atoms with E-state index in [-0.39, 0.29) is 6.04 Å². The zero-order chi connectivity index (χ0) is 13.1. The summed E-state index contributed by atoms with van der Waals surface area (Å²) >= 11 is 0. The largest absolute Gasteiger partial charge is 0.383 e. The standard InChI is InChI=1S/C12H16N6/c1-7-3-9(11(13)15-4-7)10(18-14)12-16-5-8(2)6-17-12/h3-6,10,18H,14H2,1-2H3,(H2,13,15). The average Bonchev–Trinajstić information content (AvgIpc) is 2.37. The van der Waals surface area contributed by atoms with Crippen LogP contribution in [0.5, 0.6) is 0 Å². The Kier molecular flexibility index (Phi) is 3.50. The van der Waals surface area contributed by atoms with Gasteiger partial charge in [0.15, 0.2) is 5.82 Å². The third-order valence-corrected chi connectivity index (χ3v) is 2.62. The lowest BCUT2D eigenvalue weighted by atomic mass is 10.1. The molecule has 0 aliphatic heterocycles. The molecule has 1 unspecified atom stereocenters. The Morgan fingerprint density at radius 1 is 1.06 bits per heavy atom. The van der Waals surface area contributed by atoms with Crippen molar-refractivity contribution in [3.05, 3.63) is 47.2 Å². The highest BCUT2D eigenvalue weighted by molar-refractivity contribution is 5.45. The van der Waals surface area contributed by atoms with Crippen molar-refractivity contribution in [2.75, 3.05) is 5.73 Å². The predicted octanol–water partition coefficient (Wildman–Crippen LogP) is 0.623. The smallest absolute Gasteiger partial charge is 0.151 e. The molecule has 5 N–H and O–H groups in total. The van der Waals surface area contributed by atoms with Crippen molar-refractivity contribution in [1.82, 2.24) is 20.4 Å². The van der Waals surface area contributed by atoms with E-state index in [1.54, 1.807) is 18.6 Å². The van der Waals surface area contributed by atoms with Crippen LogP contribution in [0.4, 0.5) is 5.82 Å². The van der Waals surface area contributed by atoms with Gasteiger partial charge in [0.2, 0.25) is 0 Å². The van der Waals surface area contributed by atoms with Crippen molar-refractivity contribution in [3.8, 4) is 0 Å². The monoisotopic (exact) mass is 244 g/mol. The summed E-state index contributed by atoms with van der Waals surface area (Å²) in [5.74, 6) is 6.58. The molecule has 6 heteroatoms. The fraction of sp³-hybridized carbons (Fsp3) is 0.250. The number of hydrogen-bond donors (Lipinski definition) is 3. The van der Waals surface area contributed by atoms with Gasteiger partial charge in [-0.15, -0.1) is 0 Å². The van der Waals surface area contributed by atoms with Gasteiger partial charge >= 0.3 is 0 Å². The van der Waals surface area contributed by atoms with Crippen molar-refractivity contribution in [3.63, 3.8) is 0 Å². The lowest BCUT2D eigenvalue weighted by Gasteiger charge is -2.16. The van der Waals surface area contributed by atoms with E-state index in [9.17, 15) is 0 Å². The number of hydrogen-bond acceptors (Lipinski definition) is 6. The minimum Gasteiger partial charge on any atom is -0.383 e. The molecule has 0 aliphatic carbocycles. The summed E-state index contributed by atoms with van der Waals surface area (Å²) in [6, 6.07) is 1.56. The van der Waals surface area contributed by atoms with E-state index < -0.39 is 0 Å². The number of nitrogens with one attached hydrogen (secondary N) is 1. The molecule has 2 rings (SSSR count). The van der Waals surface area contributed by atoms with Gasteiger partial charge in [0.25, 0.3) is 0 Å². The van der Waals surface area contributed by atoms with E-state index in [1.165, 1.54) is 0 Å². The van der Waals surface area contributed by atoms with Crippen molar-refractivity contribution in [2.45, 2.75) is 19.9 Å². The Morgan fingerprint density at radius 3 is 2.28 bits per heavy atom. The highest BCUT2D eigenvalue weighted by atomic mass is 15.2. The molecule has 0 amide bonds. The van der Waals surface area contributed by atoms with E-state index in [2.05, 4.69) is 20.4 Å². The first kappa shape index (κ1) is 12.4. The van der Waals surface area contributed by atoms with Crippen molar-refractivity contribution in [2.24, 2.45) is 5.84 Å². The Morgan fingerprint density at radius 2 is 1.67 bits per heavy atom. The molecule has 94 valence electrons. The second kappa shape index (κ2) is 5.07. The van der Waals surface area contributed by atoms with Crippen LogP contribution in [0.1, 0.15) is 28.6 Å². The fourth-order valence-corrected chi connectivity index (χ4v) is 1.69. The van der Waals surface area contributed by atoms with E-state index in [0.29, 0.717) is 11.6 Å². The highest BCUT2D eigenvalue weighted by Gasteiger charge is 2.18. The summed E-state index contributed by atoms with van der Waals surface area (Å²) < 4.78 is 0. The summed E-state index contributed by atoms with van der Waals surface area (Å²) in [4.78, 5) is 12.6. The second-order valence-electron chi connectivity index (χ2n) is 4.21. The normalized spacial score (nSPS) is 12.4. The quantitative estimate of drug-likeness (QED) is 0.540. The zero-order valence-electron chi connectivity index (χ0n) is 10.4. The highest BCUT2D eigenvalue weighted by Crippen LogP contribution is 2.23. The van der Waals surface area contributed by atoms with E-state index in [0.717, 1.165) is 16.7 Å². The number of anilines is 1. The molecule has 6 nitrogen and oxygen atoms in total. The van der Waals surface area contributed by atoms with Gasteiger partial charge < -0.3 is 5.73 Å². The molecule has 18 heavy (non-hydrogen) atoms. The molecule has 0 saturated heterocycles. The summed E-state index contributed by atoms with van der Waals surface area (Å²) in [6.07, 6.45) is 5.20. The minimum atomic E-state index is -0.363. The first-order valence-corrected chi connectivity index (χ1v) is 5.58. The number of rotatable bonds is 3. The van der Waals surface area contributed by atoms with Crippen LogP contribution in [0, 0.1) is 13.8 Å². The second-order valence-corrected chi connectivity index (χ2v) is 4.21. The molecule has 1 atom stereocenters. The molecule has 2 aromatic rings. The molecule has 0 fully saturated rings. The molecule has 0 spiro atoms. The average molecular weight is 244 g/mol. The molecule has 0 bridgehead atoms. The molecule has 0 aliphatic rings. The Hall–Kier alpha value is -2.05. The minimum absolute atomic E-state index is 0.363. The number of pyridine rings is 1. The maximum atomic E-state index is 5.87. The third kappa shape index (κ3) is 2.44. The maximum Gasteiger partial charge on any atom is 0.151 e. The summed E-state index contributed by atoms with van der Waals surface area (Å²) in [5.41, 5.74) is 11.3. The van der Waals surface area contributed by atoms with Crippen LogP contribution in [0.2, 0.25) is 0 Å². The van der Waals surface area contributed by atoms with Crippen LogP contribution in [0.3, 0.4) is 0 Å². The molecule has 0 radical (unpaired) electrons. The van der Waals surface area contributed by atoms with Crippen LogP contribution in [-0.2, 0) is 0 Å². The van der Waals surface area contributed by atoms with Crippen molar-refractivity contribution in [1.29, 1.82) is 0 Å². The number of aryl methyl sites for hydroxylation is 2. The molecule has 2 aromatic heterocycles. The van der Waals surface area contributed by atoms with Crippen molar-refractivity contribution < 1.29 is 0 Å². The Bertz CT molecular complexity index is 537. The van der Waals surface area contributed by atoms with Gasteiger partial charge in [0, 0.05) is 24.2 Å². The number of nitrogen functional groups attached to an aromatic ring is 1. The lowest BCUT2D eigenvalue weighted by Crippen LogP contribution is -2.31. The van der Waals surface area contributed by atoms with E-state index >= 15 is 0 Å². The first-order chi connectivity index (χ1) is 8.61. The van der Waals surface area contributed by atoms with Gasteiger partial charge in [-0.05, 0) is 31.0 Å². The SMILES string of the molecule is Cc1cnc(C(NN)c2cc(C)cnc2N)nc1. The molecule has 2 heterocycles. The third-order valence-electron chi connectivity index (χ3n) is 2.62.